The largest absolute Gasteiger partial charge is 0.496 e. The van der Waals surface area contributed by atoms with E-state index < -0.39 is 42.3 Å². The second kappa shape index (κ2) is 10.5. The maximum absolute atomic E-state index is 13.3. The predicted molar refractivity (Wildman–Crippen MR) is 130 cm³/mol. The normalized spacial score (nSPS) is 18.0. The van der Waals surface area contributed by atoms with Gasteiger partial charge >= 0.3 is 5.97 Å². The van der Waals surface area contributed by atoms with Crippen molar-refractivity contribution in [3.05, 3.63) is 60.3 Å². The first-order valence-electron chi connectivity index (χ1n) is 11.5. The van der Waals surface area contributed by atoms with E-state index in [1.165, 1.54) is 18.9 Å². The van der Waals surface area contributed by atoms with Gasteiger partial charge in [0.25, 0.3) is 0 Å². The van der Waals surface area contributed by atoms with Crippen LogP contribution in [0.5, 0.6) is 11.5 Å². The molecule has 1 saturated heterocycles. The van der Waals surface area contributed by atoms with E-state index >= 15 is 0 Å². The second-order valence-corrected chi connectivity index (χ2v) is 8.60. The third-order valence-corrected chi connectivity index (χ3v) is 6.14. The van der Waals surface area contributed by atoms with Crippen molar-refractivity contribution >= 4 is 34.5 Å². The van der Waals surface area contributed by atoms with Gasteiger partial charge in [-0.2, -0.15) is 0 Å². The average Bonchev–Trinajstić information content (AvgIpc) is 3.48. The first-order chi connectivity index (χ1) is 17.3. The number of likely N-dealkylation sites (tertiary alicyclic amines) is 1. The first-order valence-corrected chi connectivity index (χ1v) is 11.5. The summed E-state index contributed by atoms with van der Waals surface area (Å²) in [5.41, 5.74) is 0.777. The average molecular weight is 494 g/mol. The van der Waals surface area contributed by atoms with Gasteiger partial charge in [-0.15, -0.1) is 0 Å². The Hall–Kier alpha value is -4.34. The standard InChI is InChI=1S/C26H27N3O7/c1-15(30)29-14-17(36-16-7-4-3-5-8-16)11-22(29)26(34)28-21(13-24(31)32)25(33)20-12-18-19(27-20)9-6-10-23(18)35-2/h3-10,12,17,21-22,27H,11,13-14H2,1-2H3,(H,28,34)(H,31,32)/t17-,21+,22+/m1/s1. The minimum Gasteiger partial charge on any atom is -0.496 e. The molecule has 0 bridgehead atoms. The molecule has 0 unspecified atom stereocenters. The quantitative estimate of drug-likeness (QED) is 0.389. The minimum absolute atomic E-state index is 0.140. The predicted octanol–water partition coefficient (Wildman–Crippen LogP) is 2.39. The van der Waals surface area contributed by atoms with Gasteiger partial charge in [0.2, 0.25) is 17.6 Å². The number of fused-ring (bicyclic) bond motifs is 1. The molecule has 1 aliphatic heterocycles. The number of benzene rings is 2. The van der Waals surface area contributed by atoms with E-state index in [-0.39, 0.29) is 24.6 Å². The van der Waals surface area contributed by atoms with E-state index in [1.54, 1.807) is 36.4 Å². The molecule has 2 aromatic carbocycles. The third kappa shape index (κ3) is 5.32. The molecule has 3 atom stereocenters. The van der Waals surface area contributed by atoms with Crippen LogP contribution in [0.3, 0.4) is 0 Å². The summed E-state index contributed by atoms with van der Waals surface area (Å²) in [5.74, 6) is -1.61. The van der Waals surface area contributed by atoms with Gasteiger partial charge in [-0.3, -0.25) is 19.2 Å². The zero-order chi connectivity index (χ0) is 25.8. The number of H-pyrrole nitrogens is 1. The van der Waals surface area contributed by atoms with E-state index in [0.29, 0.717) is 22.4 Å². The molecule has 4 rings (SSSR count). The number of Topliss-reactive ketones (excluding diaryl/α,β-unsaturated/α-hetero) is 1. The Bertz CT molecular complexity index is 1290. The summed E-state index contributed by atoms with van der Waals surface area (Å²) >= 11 is 0. The molecule has 0 radical (unpaired) electrons. The van der Waals surface area contributed by atoms with Crippen molar-refractivity contribution < 1.29 is 33.8 Å². The molecule has 2 amide bonds. The van der Waals surface area contributed by atoms with Gasteiger partial charge in [0.15, 0.2) is 0 Å². The number of aromatic nitrogens is 1. The van der Waals surface area contributed by atoms with Gasteiger partial charge in [-0.1, -0.05) is 24.3 Å². The van der Waals surface area contributed by atoms with Gasteiger partial charge in [0.1, 0.15) is 29.7 Å². The van der Waals surface area contributed by atoms with Gasteiger partial charge in [0.05, 0.1) is 25.8 Å². The van der Waals surface area contributed by atoms with E-state index in [1.807, 2.05) is 18.2 Å². The Kier molecular flexibility index (Phi) is 7.23. The number of rotatable bonds is 9. The third-order valence-electron chi connectivity index (χ3n) is 6.14. The topological polar surface area (TPSA) is 138 Å². The van der Waals surface area contributed by atoms with E-state index in [0.717, 1.165) is 0 Å². The number of nitrogens with one attached hydrogen (secondary N) is 2. The van der Waals surface area contributed by atoms with Crippen LogP contribution in [0.15, 0.2) is 54.6 Å². The lowest BCUT2D eigenvalue weighted by Crippen LogP contribution is -2.51. The maximum atomic E-state index is 13.3. The molecule has 10 nitrogen and oxygen atoms in total. The maximum Gasteiger partial charge on any atom is 0.305 e. The molecule has 1 fully saturated rings. The van der Waals surface area contributed by atoms with Crippen LogP contribution in [-0.2, 0) is 14.4 Å². The number of aromatic amines is 1. The Labute approximate surface area is 207 Å². The van der Waals surface area contributed by atoms with Crippen molar-refractivity contribution in [3.63, 3.8) is 0 Å². The number of hydrogen-bond donors (Lipinski definition) is 3. The van der Waals surface area contributed by atoms with Crippen LogP contribution in [0.25, 0.3) is 10.9 Å². The Balaban J connectivity index is 1.53. The zero-order valence-corrected chi connectivity index (χ0v) is 19.9. The lowest BCUT2D eigenvalue weighted by Gasteiger charge is -2.24. The molecule has 1 aromatic heterocycles. The number of carbonyl (C=O) groups is 4. The van der Waals surface area contributed by atoms with Crippen molar-refractivity contribution in [2.45, 2.75) is 38.0 Å². The van der Waals surface area contributed by atoms with Crippen LogP contribution in [0.1, 0.15) is 30.3 Å². The highest BCUT2D eigenvalue weighted by molar-refractivity contribution is 6.06. The molecular weight excluding hydrogens is 466 g/mol. The fraction of sp³-hybridized carbons (Fsp3) is 0.308. The fourth-order valence-corrected chi connectivity index (χ4v) is 4.45. The molecule has 0 aliphatic carbocycles. The number of carboxylic acids is 1. The smallest absolute Gasteiger partial charge is 0.305 e. The molecule has 3 N–H and O–H groups in total. The molecular formula is C26H27N3O7. The van der Waals surface area contributed by atoms with Gasteiger partial charge in [-0.25, -0.2) is 0 Å². The monoisotopic (exact) mass is 493 g/mol. The fourth-order valence-electron chi connectivity index (χ4n) is 4.45. The van der Waals surface area contributed by atoms with Crippen molar-refractivity contribution in [2.24, 2.45) is 0 Å². The number of carboxylic acid groups (broad SMARTS) is 1. The number of ketones is 1. The van der Waals surface area contributed by atoms with E-state index in [4.69, 9.17) is 9.47 Å². The van der Waals surface area contributed by atoms with Gasteiger partial charge in [-0.05, 0) is 30.3 Å². The molecule has 0 spiro atoms. The molecule has 0 saturated carbocycles. The zero-order valence-electron chi connectivity index (χ0n) is 19.9. The van der Waals surface area contributed by atoms with Crippen LogP contribution in [-0.4, -0.2) is 70.4 Å². The highest BCUT2D eigenvalue weighted by atomic mass is 16.5. The van der Waals surface area contributed by atoms with Crippen molar-refractivity contribution in [3.8, 4) is 11.5 Å². The van der Waals surface area contributed by atoms with Crippen molar-refractivity contribution in [1.82, 2.24) is 15.2 Å². The second-order valence-electron chi connectivity index (χ2n) is 8.60. The molecule has 1 aliphatic rings. The lowest BCUT2D eigenvalue weighted by molar-refractivity contribution is -0.139. The molecule has 10 heteroatoms. The van der Waals surface area contributed by atoms with E-state index in [9.17, 15) is 24.3 Å². The molecule has 36 heavy (non-hydrogen) atoms. The van der Waals surface area contributed by atoms with Gasteiger partial charge in [0, 0.05) is 24.2 Å². The molecule has 3 aromatic rings. The number of carbonyl (C=O) groups excluding carboxylic acids is 3. The van der Waals surface area contributed by atoms with Crippen LogP contribution in [0.2, 0.25) is 0 Å². The minimum atomic E-state index is -1.34. The summed E-state index contributed by atoms with van der Waals surface area (Å²) in [6.45, 7) is 1.55. The van der Waals surface area contributed by atoms with Crippen LogP contribution in [0.4, 0.5) is 0 Å². The number of para-hydroxylation sites is 1. The summed E-state index contributed by atoms with van der Waals surface area (Å²) in [5, 5.41) is 12.6. The van der Waals surface area contributed by atoms with Gasteiger partial charge < -0.3 is 29.8 Å². The highest BCUT2D eigenvalue weighted by Gasteiger charge is 2.41. The Morgan fingerprint density at radius 3 is 2.56 bits per heavy atom. The first kappa shape index (κ1) is 24.8. The number of nitrogens with zero attached hydrogens (tertiary/aromatic N) is 1. The van der Waals surface area contributed by atoms with Crippen LogP contribution >= 0.6 is 0 Å². The lowest BCUT2D eigenvalue weighted by atomic mass is 10.0. The number of aliphatic carboxylic acids is 1. The van der Waals surface area contributed by atoms with Crippen molar-refractivity contribution in [1.29, 1.82) is 0 Å². The SMILES string of the molecule is COc1cccc2[nH]c(C(=O)[C@H](CC(=O)O)NC(=O)[C@@H]3C[C@@H](Oc4ccccc4)CN3C(C)=O)cc12. The van der Waals surface area contributed by atoms with Crippen molar-refractivity contribution in [2.75, 3.05) is 13.7 Å². The number of amides is 2. The van der Waals surface area contributed by atoms with E-state index in [2.05, 4.69) is 10.3 Å². The van der Waals surface area contributed by atoms with Crippen LogP contribution < -0.4 is 14.8 Å². The summed E-state index contributed by atoms with van der Waals surface area (Å²) in [6, 6.07) is 13.6. The summed E-state index contributed by atoms with van der Waals surface area (Å²) in [6.07, 6.45) is -0.840. The Morgan fingerprint density at radius 1 is 1.14 bits per heavy atom. The molecule has 2 heterocycles. The number of hydrogen-bond acceptors (Lipinski definition) is 6. The Morgan fingerprint density at radius 2 is 1.89 bits per heavy atom. The number of ether oxygens (including phenoxy) is 2. The summed E-state index contributed by atoms with van der Waals surface area (Å²) in [4.78, 5) is 54.6. The van der Waals surface area contributed by atoms with Crippen LogP contribution in [0, 0.1) is 0 Å². The summed E-state index contributed by atoms with van der Waals surface area (Å²) < 4.78 is 11.2. The highest BCUT2D eigenvalue weighted by Crippen LogP contribution is 2.27. The number of methoxy groups -OCH3 is 1. The summed E-state index contributed by atoms with van der Waals surface area (Å²) in [7, 11) is 1.51. The molecule has 188 valence electrons.